The summed E-state index contributed by atoms with van der Waals surface area (Å²) in [6, 6.07) is 20.5. The van der Waals surface area contributed by atoms with Crippen molar-refractivity contribution in [3.05, 3.63) is 95.7 Å². The molecule has 1 aliphatic rings. The lowest BCUT2D eigenvalue weighted by atomic mass is 10.1. The molecular formula is C30H28ClFN6O. The molecule has 0 saturated carbocycles. The first-order chi connectivity index (χ1) is 19.1. The molecule has 0 atom stereocenters. The second-order valence-electron chi connectivity index (χ2n) is 9.61. The Bertz CT molecular complexity index is 1600. The molecule has 7 nitrogen and oxygen atoms in total. The Morgan fingerprint density at radius 3 is 2.72 bits per heavy atom. The van der Waals surface area contributed by atoms with E-state index in [0.717, 1.165) is 65.0 Å². The molecule has 3 aromatic carbocycles. The van der Waals surface area contributed by atoms with E-state index in [2.05, 4.69) is 49.1 Å². The average molecular weight is 543 g/mol. The van der Waals surface area contributed by atoms with Gasteiger partial charge in [-0.2, -0.15) is 0 Å². The number of rotatable bonds is 8. The standard InChI is InChI=1S/C30H28ClFN6O/c31-26-15-24(5-7-28(26)39-17-19-2-1-3-22(32)12-19)38-30-25-13-20(4-6-27(25)35-18-36-30)21-14-29(34-16-21)37-23-8-10-33-11-9-23/h1-7,12-16,18,23,33-34,37H,8-11,17H2,(H,35,36,38). The molecule has 1 fully saturated rings. The molecule has 4 N–H and O–H groups in total. The van der Waals surface area contributed by atoms with Crippen molar-refractivity contribution < 1.29 is 9.13 Å². The molecule has 0 spiro atoms. The van der Waals surface area contributed by atoms with Crippen LogP contribution in [0.25, 0.3) is 22.0 Å². The van der Waals surface area contributed by atoms with Crippen molar-refractivity contribution in [2.75, 3.05) is 23.7 Å². The van der Waals surface area contributed by atoms with Crippen LogP contribution >= 0.6 is 11.6 Å². The van der Waals surface area contributed by atoms with E-state index in [0.29, 0.717) is 22.6 Å². The number of ether oxygens (including phenoxy) is 1. The van der Waals surface area contributed by atoms with Crippen molar-refractivity contribution in [2.24, 2.45) is 0 Å². The Labute approximate surface area is 230 Å². The van der Waals surface area contributed by atoms with Gasteiger partial charge in [0.1, 0.15) is 36.1 Å². The largest absolute Gasteiger partial charge is 0.487 e. The van der Waals surface area contributed by atoms with Crippen LogP contribution in [0.4, 0.5) is 21.7 Å². The van der Waals surface area contributed by atoms with E-state index >= 15 is 0 Å². The van der Waals surface area contributed by atoms with Gasteiger partial charge < -0.3 is 25.7 Å². The SMILES string of the molecule is Fc1cccc(COc2ccc(Nc3ncnc4ccc(-c5c[nH]c(NC6CCNCC6)c5)cc34)cc2Cl)c1. The fourth-order valence-corrected chi connectivity index (χ4v) is 5.02. The predicted molar refractivity (Wildman–Crippen MR) is 154 cm³/mol. The summed E-state index contributed by atoms with van der Waals surface area (Å²) in [5.41, 5.74) is 4.48. The molecule has 0 amide bonds. The van der Waals surface area contributed by atoms with Gasteiger partial charge in [0.05, 0.1) is 10.5 Å². The molecule has 5 aromatic rings. The van der Waals surface area contributed by atoms with Gasteiger partial charge in [0.15, 0.2) is 0 Å². The molecule has 0 unspecified atom stereocenters. The van der Waals surface area contributed by atoms with Crippen LogP contribution in [-0.2, 0) is 6.61 Å². The molecule has 0 aliphatic carbocycles. The van der Waals surface area contributed by atoms with E-state index in [1.807, 2.05) is 18.3 Å². The lowest BCUT2D eigenvalue weighted by molar-refractivity contribution is 0.306. The first-order valence-corrected chi connectivity index (χ1v) is 13.3. The van der Waals surface area contributed by atoms with Crippen molar-refractivity contribution in [1.82, 2.24) is 20.3 Å². The van der Waals surface area contributed by atoms with Crippen molar-refractivity contribution in [2.45, 2.75) is 25.5 Å². The van der Waals surface area contributed by atoms with Gasteiger partial charge in [-0.3, -0.25) is 0 Å². The highest BCUT2D eigenvalue weighted by Gasteiger charge is 2.14. The monoisotopic (exact) mass is 542 g/mol. The maximum atomic E-state index is 13.4. The van der Waals surface area contributed by atoms with E-state index in [4.69, 9.17) is 16.3 Å². The highest BCUT2D eigenvalue weighted by Crippen LogP contribution is 2.33. The first kappa shape index (κ1) is 25.2. The third-order valence-corrected chi connectivity index (χ3v) is 7.12. The van der Waals surface area contributed by atoms with Crippen molar-refractivity contribution in [1.29, 1.82) is 0 Å². The number of benzene rings is 3. The number of nitrogens with one attached hydrogen (secondary N) is 4. The normalized spacial score (nSPS) is 13.9. The van der Waals surface area contributed by atoms with Crippen LogP contribution in [0.5, 0.6) is 5.75 Å². The minimum Gasteiger partial charge on any atom is -0.487 e. The zero-order valence-electron chi connectivity index (χ0n) is 21.2. The maximum Gasteiger partial charge on any atom is 0.141 e. The number of H-pyrrole nitrogens is 1. The topological polar surface area (TPSA) is 86.9 Å². The Hall–Kier alpha value is -4.14. The fraction of sp³-hybridized carbons (Fsp3) is 0.200. The molecule has 1 saturated heterocycles. The number of aromatic nitrogens is 3. The van der Waals surface area contributed by atoms with E-state index in [9.17, 15) is 4.39 Å². The molecule has 0 radical (unpaired) electrons. The Kier molecular flexibility index (Phi) is 7.29. The van der Waals surface area contributed by atoms with Crippen LogP contribution in [0.1, 0.15) is 18.4 Å². The van der Waals surface area contributed by atoms with E-state index in [-0.39, 0.29) is 12.4 Å². The van der Waals surface area contributed by atoms with Gasteiger partial charge in [-0.05, 0) is 85.6 Å². The summed E-state index contributed by atoms with van der Waals surface area (Å²) in [6.07, 6.45) is 5.78. The number of hydrogen-bond donors (Lipinski definition) is 4. The van der Waals surface area contributed by atoms with Crippen molar-refractivity contribution in [3.8, 4) is 16.9 Å². The van der Waals surface area contributed by atoms with Crippen molar-refractivity contribution >= 4 is 39.8 Å². The average Bonchev–Trinajstić information content (AvgIpc) is 3.42. The molecule has 1 aliphatic heterocycles. The van der Waals surface area contributed by atoms with Gasteiger partial charge in [-0.1, -0.05) is 29.8 Å². The quantitative estimate of drug-likeness (QED) is 0.170. The van der Waals surface area contributed by atoms with Gasteiger partial charge in [-0.25, -0.2) is 14.4 Å². The summed E-state index contributed by atoms with van der Waals surface area (Å²) in [5.74, 6) is 1.92. The number of piperidine rings is 1. The third kappa shape index (κ3) is 5.97. The number of halogens is 2. The van der Waals surface area contributed by atoms with Gasteiger partial charge in [0, 0.05) is 28.9 Å². The van der Waals surface area contributed by atoms with Gasteiger partial charge >= 0.3 is 0 Å². The second kappa shape index (κ2) is 11.3. The van der Waals surface area contributed by atoms with Gasteiger partial charge in [-0.15, -0.1) is 0 Å². The Morgan fingerprint density at radius 2 is 1.87 bits per heavy atom. The fourth-order valence-electron chi connectivity index (χ4n) is 4.79. The number of aromatic amines is 1. The van der Waals surface area contributed by atoms with Crippen LogP contribution in [0.15, 0.2) is 79.3 Å². The molecule has 2 aromatic heterocycles. The third-order valence-electron chi connectivity index (χ3n) is 6.83. The van der Waals surface area contributed by atoms with E-state index < -0.39 is 0 Å². The van der Waals surface area contributed by atoms with Crippen LogP contribution in [0, 0.1) is 5.82 Å². The minimum absolute atomic E-state index is 0.220. The Balaban J connectivity index is 1.19. The summed E-state index contributed by atoms with van der Waals surface area (Å²) in [5, 5.41) is 11.7. The number of fused-ring (bicyclic) bond motifs is 1. The molecule has 6 rings (SSSR count). The highest BCUT2D eigenvalue weighted by molar-refractivity contribution is 6.32. The maximum absolute atomic E-state index is 13.4. The summed E-state index contributed by atoms with van der Waals surface area (Å²) in [4.78, 5) is 12.3. The zero-order valence-corrected chi connectivity index (χ0v) is 21.9. The summed E-state index contributed by atoms with van der Waals surface area (Å²) in [6.45, 7) is 2.31. The predicted octanol–water partition coefficient (Wildman–Crippen LogP) is 6.90. The molecule has 0 bridgehead atoms. The Morgan fingerprint density at radius 1 is 0.974 bits per heavy atom. The molecular weight excluding hydrogens is 515 g/mol. The number of nitrogens with zero attached hydrogens (tertiary/aromatic N) is 2. The highest BCUT2D eigenvalue weighted by atomic mass is 35.5. The van der Waals surface area contributed by atoms with E-state index in [1.165, 1.54) is 12.1 Å². The molecule has 9 heteroatoms. The van der Waals surface area contributed by atoms with Crippen molar-refractivity contribution in [3.63, 3.8) is 0 Å². The lowest BCUT2D eigenvalue weighted by Gasteiger charge is -2.23. The number of anilines is 3. The summed E-state index contributed by atoms with van der Waals surface area (Å²) in [7, 11) is 0. The zero-order chi connectivity index (χ0) is 26.6. The first-order valence-electron chi connectivity index (χ1n) is 13.0. The molecule has 39 heavy (non-hydrogen) atoms. The molecule has 3 heterocycles. The smallest absolute Gasteiger partial charge is 0.141 e. The molecule has 198 valence electrons. The lowest BCUT2D eigenvalue weighted by Crippen LogP contribution is -2.35. The minimum atomic E-state index is -0.298. The van der Waals surface area contributed by atoms with Crippen LogP contribution in [-0.4, -0.2) is 34.1 Å². The second-order valence-corrected chi connectivity index (χ2v) is 10.0. The number of hydrogen-bond acceptors (Lipinski definition) is 6. The van der Waals surface area contributed by atoms with Gasteiger partial charge in [0.2, 0.25) is 0 Å². The summed E-state index contributed by atoms with van der Waals surface area (Å²) < 4.78 is 19.3. The van der Waals surface area contributed by atoms with E-state index in [1.54, 1.807) is 30.6 Å². The van der Waals surface area contributed by atoms with Crippen LogP contribution < -0.4 is 20.7 Å². The van der Waals surface area contributed by atoms with Crippen LogP contribution in [0.3, 0.4) is 0 Å². The van der Waals surface area contributed by atoms with Gasteiger partial charge in [0.25, 0.3) is 0 Å². The summed E-state index contributed by atoms with van der Waals surface area (Å²) >= 11 is 6.50. The van der Waals surface area contributed by atoms with Crippen LogP contribution in [0.2, 0.25) is 5.02 Å².